The predicted octanol–water partition coefficient (Wildman–Crippen LogP) is 0.407. The van der Waals surface area contributed by atoms with E-state index in [1.165, 1.54) is 0 Å². The Morgan fingerprint density at radius 1 is 1.70 bits per heavy atom. The normalized spacial score (nSPS) is 12.6. The summed E-state index contributed by atoms with van der Waals surface area (Å²) >= 11 is 0. The lowest BCUT2D eigenvalue weighted by molar-refractivity contribution is -0.142. The Hall–Kier alpha value is -0.340. The molecule has 1 N–H and O–H groups in total. The van der Waals surface area contributed by atoms with Crippen molar-refractivity contribution in [2.75, 3.05) is 12.8 Å². The summed E-state index contributed by atoms with van der Waals surface area (Å²) in [5.41, 5.74) is 0. The smallest absolute Gasteiger partial charge is 0.305 e. The maximum atomic E-state index is 10.4. The van der Waals surface area contributed by atoms with Crippen molar-refractivity contribution in [3.8, 4) is 0 Å². The molecule has 5 heteroatoms. The topological polar surface area (TPSA) is 63.6 Å². The summed E-state index contributed by atoms with van der Waals surface area (Å²) in [7, 11) is -2.47. The molecule has 0 aliphatic rings. The van der Waals surface area contributed by atoms with Crippen LogP contribution in [0.2, 0.25) is 0 Å². The summed E-state index contributed by atoms with van der Waals surface area (Å²) in [4.78, 5) is 18.7. The van der Waals surface area contributed by atoms with Crippen molar-refractivity contribution in [3.63, 3.8) is 0 Å². The van der Waals surface area contributed by atoms with Gasteiger partial charge < -0.3 is 9.63 Å². The van der Waals surface area contributed by atoms with Crippen molar-refractivity contribution in [1.29, 1.82) is 0 Å². The quantitative estimate of drug-likeness (QED) is 0.485. The van der Waals surface area contributed by atoms with Gasteiger partial charge in [-0.1, -0.05) is 6.92 Å². The molecular weight excluding hydrogens is 155 g/mol. The van der Waals surface area contributed by atoms with Crippen molar-refractivity contribution in [2.24, 2.45) is 0 Å². The van der Waals surface area contributed by atoms with E-state index in [1.807, 2.05) is 0 Å². The molecule has 0 bridgehead atoms. The number of ether oxygens (including phenoxy) is 1. The number of rotatable bonds is 4. The average molecular weight is 166 g/mol. The van der Waals surface area contributed by atoms with Crippen molar-refractivity contribution in [1.82, 2.24) is 0 Å². The highest BCUT2D eigenvalue weighted by Gasteiger charge is 1.98. The predicted molar refractivity (Wildman–Crippen MR) is 37.3 cm³/mol. The molecule has 0 heterocycles. The van der Waals surface area contributed by atoms with Crippen molar-refractivity contribution < 1.29 is 19.0 Å². The van der Waals surface area contributed by atoms with Crippen LogP contribution < -0.4 is 0 Å². The zero-order valence-electron chi connectivity index (χ0n) is 5.79. The largest absolute Gasteiger partial charge is 0.465 e. The molecule has 0 aliphatic carbocycles. The zero-order valence-corrected chi connectivity index (χ0v) is 6.79. The van der Waals surface area contributed by atoms with E-state index >= 15 is 0 Å². The number of hydrogen-bond acceptors (Lipinski definition) is 3. The van der Waals surface area contributed by atoms with Gasteiger partial charge in [0.05, 0.1) is 6.16 Å². The van der Waals surface area contributed by atoms with E-state index in [9.17, 15) is 9.36 Å². The van der Waals surface area contributed by atoms with E-state index in [-0.39, 0.29) is 18.7 Å². The Balaban J connectivity index is 3.20. The molecule has 1 atom stereocenters. The first-order valence-electron chi connectivity index (χ1n) is 3.04. The minimum absolute atomic E-state index is 0.0565. The van der Waals surface area contributed by atoms with Crippen LogP contribution >= 0.6 is 8.03 Å². The number of hydrogen-bond donors (Lipinski definition) is 1. The summed E-state index contributed by atoms with van der Waals surface area (Å²) in [5, 5.41) is 0. The van der Waals surface area contributed by atoms with E-state index < -0.39 is 8.03 Å². The third kappa shape index (κ3) is 5.79. The Morgan fingerprint density at radius 2 is 2.30 bits per heavy atom. The van der Waals surface area contributed by atoms with E-state index in [0.717, 1.165) is 0 Å². The summed E-state index contributed by atoms with van der Waals surface area (Å²) in [5.74, 6) is -0.330. The van der Waals surface area contributed by atoms with Gasteiger partial charge in [0.15, 0.2) is 8.03 Å². The van der Waals surface area contributed by atoms with Gasteiger partial charge in [-0.05, 0) is 0 Å². The highest BCUT2D eigenvalue weighted by atomic mass is 31.1. The van der Waals surface area contributed by atoms with Crippen LogP contribution in [0.15, 0.2) is 0 Å². The summed E-state index contributed by atoms with van der Waals surface area (Å²) in [6, 6.07) is 0. The highest BCUT2D eigenvalue weighted by molar-refractivity contribution is 7.38. The summed E-state index contributed by atoms with van der Waals surface area (Å²) in [6.07, 6.45) is 0.378. The maximum absolute atomic E-state index is 10.4. The fourth-order valence-electron chi connectivity index (χ4n) is 0.354. The first-order valence-corrected chi connectivity index (χ1v) is 4.60. The minimum atomic E-state index is -2.47. The van der Waals surface area contributed by atoms with Crippen molar-refractivity contribution in [2.45, 2.75) is 13.3 Å². The molecule has 0 saturated heterocycles. The van der Waals surface area contributed by atoms with Gasteiger partial charge in [0.1, 0.15) is 6.61 Å². The van der Waals surface area contributed by atoms with Crippen LogP contribution in [-0.2, 0) is 14.1 Å². The van der Waals surface area contributed by atoms with Crippen LogP contribution in [0.3, 0.4) is 0 Å². The van der Waals surface area contributed by atoms with Crippen LogP contribution in [0.25, 0.3) is 0 Å². The Morgan fingerprint density at radius 3 is 2.70 bits per heavy atom. The Kier molecular flexibility index (Phi) is 5.26. The summed E-state index contributed by atoms with van der Waals surface area (Å²) < 4.78 is 14.6. The third-order valence-corrected chi connectivity index (χ3v) is 1.50. The Bertz CT molecular complexity index is 134. The van der Waals surface area contributed by atoms with Crippen LogP contribution in [-0.4, -0.2) is 23.6 Å². The maximum Gasteiger partial charge on any atom is 0.305 e. The number of carbonyl (C=O) groups excluding carboxylic acids is 1. The van der Waals surface area contributed by atoms with E-state index in [2.05, 4.69) is 4.74 Å². The molecule has 10 heavy (non-hydrogen) atoms. The van der Waals surface area contributed by atoms with Gasteiger partial charge in [0.25, 0.3) is 0 Å². The lowest BCUT2D eigenvalue weighted by atomic mass is 10.5. The fourth-order valence-corrected chi connectivity index (χ4v) is 0.631. The zero-order chi connectivity index (χ0) is 7.98. The molecule has 0 aliphatic heterocycles. The molecule has 0 rings (SSSR count). The standard InChI is InChI=1S/C5H11O4P/c1-2-5(6)9-3-4-10(7)8/h10H,2-4H2,1H3,(H,7,8). The molecule has 0 aromatic carbocycles. The number of esters is 1. The molecule has 0 fully saturated rings. The lowest BCUT2D eigenvalue weighted by Crippen LogP contribution is -2.05. The van der Waals surface area contributed by atoms with Gasteiger partial charge in [0.2, 0.25) is 0 Å². The third-order valence-electron chi connectivity index (χ3n) is 0.868. The minimum Gasteiger partial charge on any atom is -0.465 e. The second-order valence-electron chi connectivity index (χ2n) is 1.72. The number of carbonyl (C=O) groups is 1. The van der Waals surface area contributed by atoms with Crippen LogP contribution in [0.1, 0.15) is 13.3 Å². The molecule has 60 valence electrons. The summed E-state index contributed by atoms with van der Waals surface area (Å²) in [6.45, 7) is 1.73. The second-order valence-corrected chi connectivity index (χ2v) is 3.01. The molecule has 0 amide bonds. The van der Waals surface area contributed by atoms with Gasteiger partial charge in [-0.15, -0.1) is 0 Å². The molecule has 0 aromatic heterocycles. The molecule has 0 saturated carbocycles. The van der Waals surface area contributed by atoms with Crippen molar-refractivity contribution in [3.05, 3.63) is 0 Å². The fraction of sp³-hybridized carbons (Fsp3) is 0.800. The SMILES string of the molecule is CCC(=O)OCC[PH](=O)O. The van der Waals surface area contributed by atoms with Crippen molar-refractivity contribution >= 4 is 14.0 Å². The first kappa shape index (κ1) is 9.66. The van der Waals surface area contributed by atoms with E-state index in [0.29, 0.717) is 6.42 Å². The molecule has 4 nitrogen and oxygen atoms in total. The molecule has 0 aromatic rings. The first-order chi connectivity index (χ1) is 4.66. The van der Waals surface area contributed by atoms with Crippen LogP contribution in [0, 0.1) is 0 Å². The molecule has 0 radical (unpaired) electrons. The van der Waals surface area contributed by atoms with Gasteiger partial charge in [-0.2, -0.15) is 0 Å². The average Bonchev–Trinajstić information content (AvgIpc) is 1.87. The molecule has 1 unspecified atom stereocenters. The van der Waals surface area contributed by atoms with Crippen LogP contribution in [0.4, 0.5) is 0 Å². The Labute approximate surface area is 60.1 Å². The van der Waals surface area contributed by atoms with Gasteiger partial charge >= 0.3 is 5.97 Å². The molecular formula is C5H11O4P. The van der Waals surface area contributed by atoms with E-state index in [4.69, 9.17) is 4.89 Å². The lowest BCUT2D eigenvalue weighted by Gasteiger charge is -1.98. The highest BCUT2D eigenvalue weighted by Crippen LogP contribution is 2.10. The van der Waals surface area contributed by atoms with Gasteiger partial charge in [0, 0.05) is 6.42 Å². The monoisotopic (exact) mass is 166 g/mol. The van der Waals surface area contributed by atoms with Crippen LogP contribution in [0.5, 0.6) is 0 Å². The van der Waals surface area contributed by atoms with E-state index in [1.54, 1.807) is 6.92 Å². The van der Waals surface area contributed by atoms with Gasteiger partial charge in [-0.3, -0.25) is 9.36 Å². The molecule has 0 spiro atoms. The van der Waals surface area contributed by atoms with Gasteiger partial charge in [-0.25, -0.2) is 0 Å². The second kappa shape index (κ2) is 5.45.